The lowest BCUT2D eigenvalue weighted by Crippen LogP contribution is -2.17. The maximum Gasteiger partial charge on any atom is 0.307 e. The SMILES string of the molecule is CCOC(=O)CC(N)c1ccc(Br)c(Br)c1O.Cl. The third-order valence-electron chi connectivity index (χ3n) is 2.19. The van der Waals surface area contributed by atoms with Gasteiger partial charge in [-0.25, -0.2) is 0 Å². The van der Waals surface area contributed by atoms with E-state index in [2.05, 4.69) is 31.9 Å². The highest BCUT2D eigenvalue weighted by Crippen LogP contribution is 2.37. The Morgan fingerprint density at radius 3 is 2.67 bits per heavy atom. The first-order valence-electron chi connectivity index (χ1n) is 5.05. The highest BCUT2D eigenvalue weighted by molar-refractivity contribution is 9.13. The topological polar surface area (TPSA) is 72.5 Å². The van der Waals surface area contributed by atoms with Gasteiger partial charge in [0, 0.05) is 16.1 Å². The van der Waals surface area contributed by atoms with Gasteiger partial charge in [0.05, 0.1) is 17.5 Å². The normalized spacial score (nSPS) is 11.6. The fourth-order valence-corrected chi connectivity index (χ4v) is 2.04. The molecule has 1 aromatic rings. The number of nitrogens with two attached hydrogens (primary N) is 1. The zero-order valence-corrected chi connectivity index (χ0v) is 13.6. The molecule has 0 aliphatic heterocycles. The van der Waals surface area contributed by atoms with Crippen molar-refractivity contribution in [1.29, 1.82) is 0 Å². The molecule has 0 aliphatic rings. The van der Waals surface area contributed by atoms with Crippen LogP contribution in [-0.2, 0) is 9.53 Å². The molecular formula is C11H14Br2ClNO3. The van der Waals surface area contributed by atoms with Crippen molar-refractivity contribution in [1.82, 2.24) is 0 Å². The number of phenols is 1. The van der Waals surface area contributed by atoms with E-state index in [0.29, 0.717) is 16.6 Å². The van der Waals surface area contributed by atoms with Crippen molar-refractivity contribution in [2.45, 2.75) is 19.4 Å². The molecule has 4 nitrogen and oxygen atoms in total. The Bertz CT molecular complexity index is 429. The molecular weight excluding hydrogens is 389 g/mol. The Hall–Kier alpha value is -0.300. The average molecular weight is 403 g/mol. The van der Waals surface area contributed by atoms with Crippen LogP contribution in [0.2, 0.25) is 0 Å². The third-order valence-corrected chi connectivity index (χ3v) is 4.19. The van der Waals surface area contributed by atoms with Crippen molar-refractivity contribution in [2.75, 3.05) is 6.61 Å². The first-order chi connectivity index (χ1) is 7.97. The van der Waals surface area contributed by atoms with Crippen LogP contribution in [0.4, 0.5) is 0 Å². The van der Waals surface area contributed by atoms with Gasteiger partial charge in [-0.15, -0.1) is 12.4 Å². The molecule has 7 heteroatoms. The van der Waals surface area contributed by atoms with Crippen LogP contribution in [0.15, 0.2) is 21.1 Å². The van der Waals surface area contributed by atoms with Crippen LogP contribution in [0.3, 0.4) is 0 Å². The summed E-state index contributed by atoms with van der Waals surface area (Å²) < 4.78 is 6.05. The number of carbonyl (C=O) groups excluding carboxylic acids is 1. The number of esters is 1. The summed E-state index contributed by atoms with van der Waals surface area (Å²) in [6.45, 7) is 2.05. The van der Waals surface area contributed by atoms with Crippen molar-refractivity contribution < 1.29 is 14.6 Å². The fourth-order valence-electron chi connectivity index (χ4n) is 1.36. The molecule has 1 unspecified atom stereocenters. The molecule has 0 bridgehead atoms. The van der Waals surface area contributed by atoms with E-state index in [4.69, 9.17) is 10.5 Å². The van der Waals surface area contributed by atoms with E-state index >= 15 is 0 Å². The largest absolute Gasteiger partial charge is 0.506 e. The van der Waals surface area contributed by atoms with Gasteiger partial charge in [0.2, 0.25) is 0 Å². The minimum atomic E-state index is -0.585. The van der Waals surface area contributed by atoms with Gasteiger partial charge in [0.25, 0.3) is 0 Å². The zero-order chi connectivity index (χ0) is 13.0. The molecule has 0 fully saturated rings. The van der Waals surface area contributed by atoms with Crippen LogP contribution >= 0.6 is 44.3 Å². The minimum Gasteiger partial charge on any atom is -0.506 e. The van der Waals surface area contributed by atoms with Crippen LogP contribution in [0.25, 0.3) is 0 Å². The molecule has 3 N–H and O–H groups in total. The Morgan fingerprint density at radius 2 is 2.11 bits per heavy atom. The number of halogens is 3. The number of hydrogen-bond acceptors (Lipinski definition) is 4. The van der Waals surface area contributed by atoms with Crippen molar-refractivity contribution >= 4 is 50.2 Å². The van der Waals surface area contributed by atoms with Crippen LogP contribution in [0.5, 0.6) is 5.75 Å². The van der Waals surface area contributed by atoms with Crippen LogP contribution in [-0.4, -0.2) is 17.7 Å². The second-order valence-corrected chi connectivity index (χ2v) is 5.06. The summed E-state index contributed by atoms with van der Waals surface area (Å²) in [5, 5.41) is 9.88. The van der Waals surface area contributed by atoms with E-state index in [-0.39, 0.29) is 30.5 Å². The van der Waals surface area contributed by atoms with Crippen molar-refractivity contribution in [3.05, 3.63) is 26.6 Å². The first-order valence-corrected chi connectivity index (χ1v) is 6.64. The van der Waals surface area contributed by atoms with Gasteiger partial charge in [-0.3, -0.25) is 4.79 Å². The molecule has 0 radical (unpaired) electrons. The quantitative estimate of drug-likeness (QED) is 0.757. The standard InChI is InChI=1S/C11H13Br2NO3.ClH/c1-2-17-9(15)5-8(14)6-3-4-7(12)10(13)11(6)16;/h3-4,8,16H,2,5,14H2,1H3;1H. The van der Waals surface area contributed by atoms with Crippen molar-refractivity contribution in [2.24, 2.45) is 5.73 Å². The van der Waals surface area contributed by atoms with Gasteiger partial charge in [-0.2, -0.15) is 0 Å². The summed E-state index contributed by atoms with van der Waals surface area (Å²) in [6, 6.07) is 2.84. The summed E-state index contributed by atoms with van der Waals surface area (Å²) in [5.74, 6) is -0.338. The van der Waals surface area contributed by atoms with E-state index in [9.17, 15) is 9.90 Å². The number of phenolic OH excluding ortho intramolecular Hbond substituents is 1. The van der Waals surface area contributed by atoms with Crippen molar-refractivity contribution in [3.63, 3.8) is 0 Å². The van der Waals surface area contributed by atoms with Crippen LogP contribution in [0.1, 0.15) is 24.9 Å². The maximum absolute atomic E-state index is 11.3. The molecule has 0 saturated heterocycles. The van der Waals surface area contributed by atoms with Crippen LogP contribution in [0, 0.1) is 0 Å². The molecule has 1 atom stereocenters. The lowest BCUT2D eigenvalue weighted by atomic mass is 10.0. The van der Waals surface area contributed by atoms with Gasteiger partial charge in [0.1, 0.15) is 5.75 Å². The molecule has 0 saturated carbocycles. The van der Waals surface area contributed by atoms with Gasteiger partial charge >= 0.3 is 5.97 Å². The van der Waals surface area contributed by atoms with E-state index in [1.807, 2.05) is 0 Å². The number of benzene rings is 1. The molecule has 1 aromatic carbocycles. The minimum absolute atomic E-state index is 0. The number of aromatic hydroxyl groups is 1. The predicted molar refractivity (Wildman–Crippen MR) is 78.9 cm³/mol. The summed E-state index contributed by atoms with van der Waals surface area (Å²) in [7, 11) is 0. The van der Waals surface area contributed by atoms with Gasteiger partial charge in [-0.05, 0) is 44.8 Å². The molecule has 0 aromatic heterocycles. The summed E-state index contributed by atoms with van der Waals surface area (Å²) >= 11 is 6.49. The Balaban J connectivity index is 0.00000289. The van der Waals surface area contributed by atoms with E-state index in [1.54, 1.807) is 19.1 Å². The van der Waals surface area contributed by atoms with Gasteiger partial charge in [0.15, 0.2) is 0 Å². The molecule has 0 amide bonds. The summed E-state index contributed by atoms with van der Waals surface area (Å²) in [4.78, 5) is 11.3. The molecule has 0 heterocycles. The third kappa shape index (κ3) is 4.42. The highest BCUT2D eigenvalue weighted by Gasteiger charge is 2.18. The summed E-state index contributed by atoms with van der Waals surface area (Å²) in [5.41, 5.74) is 6.36. The van der Waals surface area contributed by atoms with E-state index in [1.165, 1.54) is 0 Å². The molecule has 0 spiro atoms. The Kier molecular flexibility index (Phi) is 7.86. The monoisotopic (exact) mass is 401 g/mol. The van der Waals surface area contributed by atoms with E-state index < -0.39 is 6.04 Å². The number of ether oxygens (including phenoxy) is 1. The number of carbonyl (C=O) groups is 1. The first kappa shape index (κ1) is 17.7. The smallest absolute Gasteiger partial charge is 0.307 e. The lowest BCUT2D eigenvalue weighted by molar-refractivity contribution is -0.143. The van der Waals surface area contributed by atoms with E-state index in [0.717, 1.165) is 4.47 Å². The second kappa shape index (κ2) is 7.99. The fraction of sp³-hybridized carbons (Fsp3) is 0.364. The maximum atomic E-state index is 11.3. The van der Waals surface area contributed by atoms with Gasteiger partial charge < -0.3 is 15.6 Å². The predicted octanol–water partition coefficient (Wildman–Crippen LogP) is 3.29. The number of rotatable bonds is 4. The molecule has 0 aliphatic carbocycles. The van der Waals surface area contributed by atoms with Crippen molar-refractivity contribution in [3.8, 4) is 5.75 Å². The Morgan fingerprint density at radius 1 is 1.50 bits per heavy atom. The molecule has 18 heavy (non-hydrogen) atoms. The number of hydrogen-bond donors (Lipinski definition) is 2. The average Bonchev–Trinajstić information content (AvgIpc) is 2.26. The molecule has 102 valence electrons. The Labute approximate surface area is 129 Å². The summed E-state index contributed by atoms with van der Waals surface area (Å²) in [6.07, 6.45) is 0.0372. The lowest BCUT2D eigenvalue weighted by Gasteiger charge is -2.14. The zero-order valence-electron chi connectivity index (χ0n) is 9.65. The van der Waals surface area contributed by atoms with Gasteiger partial charge in [-0.1, -0.05) is 6.07 Å². The highest BCUT2D eigenvalue weighted by atomic mass is 79.9. The van der Waals surface area contributed by atoms with Crippen LogP contribution < -0.4 is 5.73 Å². The second-order valence-electron chi connectivity index (χ2n) is 3.41. The molecule has 1 rings (SSSR count).